The maximum Gasteiger partial charge on any atom is 0.264 e. The first-order valence-corrected chi connectivity index (χ1v) is 8.17. The molecule has 0 radical (unpaired) electrons. The second-order valence-corrected chi connectivity index (χ2v) is 5.57. The first-order valence-electron chi connectivity index (χ1n) is 8.17. The predicted molar refractivity (Wildman–Crippen MR) is 96.6 cm³/mol. The Morgan fingerprint density at radius 2 is 2.00 bits per heavy atom. The molecule has 2 aromatic carbocycles. The van der Waals surface area contributed by atoms with Crippen molar-refractivity contribution in [2.45, 2.75) is 13.3 Å². The number of aryl methyl sites for hydroxylation is 1. The molecule has 0 bridgehead atoms. The molecule has 1 aromatic heterocycles. The van der Waals surface area contributed by atoms with Crippen molar-refractivity contribution in [3.8, 4) is 23.1 Å². The molecule has 6 nitrogen and oxygen atoms in total. The summed E-state index contributed by atoms with van der Waals surface area (Å²) in [4.78, 5) is 12.0. The number of nitrogens with one attached hydrogen (secondary N) is 1. The largest absolute Gasteiger partial charge is 0.482 e. The highest BCUT2D eigenvalue weighted by Crippen LogP contribution is 2.22. The van der Waals surface area contributed by atoms with E-state index in [0.717, 1.165) is 12.0 Å². The van der Waals surface area contributed by atoms with Crippen LogP contribution in [-0.4, -0.2) is 17.7 Å². The molecule has 0 unspecified atom stereocenters. The summed E-state index contributed by atoms with van der Waals surface area (Å²) in [6.07, 6.45) is 0.968. The van der Waals surface area contributed by atoms with Crippen molar-refractivity contribution in [1.29, 1.82) is 5.26 Å². The van der Waals surface area contributed by atoms with Crippen LogP contribution in [0.2, 0.25) is 0 Å². The topological polar surface area (TPSA) is 88.1 Å². The summed E-state index contributed by atoms with van der Waals surface area (Å²) in [5, 5.41) is 15.6. The molecular formula is C20H17N3O3. The van der Waals surface area contributed by atoms with Crippen LogP contribution in [0.3, 0.4) is 0 Å². The molecular weight excluding hydrogens is 330 g/mol. The average molecular weight is 347 g/mol. The van der Waals surface area contributed by atoms with Crippen molar-refractivity contribution in [2.75, 3.05) is 11.9 Å². The molecule has 3 rings (SSSR count). The molecule has 0 aliphatic carbocycles. The number of carbonyl (C=O) groups excluding carboxylic acids is 1. The number of anilines is 1. The summed E-state index contributed by atoms with van der Waals surface area (Å²) < 4.78 is 10.5. The molecule has 0 saturated carbocycles. The minimum atomic E-state index is -0.401. The fourth-order valence-electron chi connectivity index (χ4n) is 2.38. The predicted octanol–water partition coefficient (Wildman–Crippen LogP) is 3.79. The maximum atomic E-state index is 12.0. The van der Waals surface area contributed by atoms with Crippen molar-refractivity contribution in [3.63, 3.8) is 0 Å². The standard InChI is InChI=1S/C20H17N3O3/c1-2-14-7-9-15(10-8-14)17-11-20(26-23-17)22-19(24)13-25-18-6-4-3-5-16(18)12-21/h3-11H,2,13H2,1H3,(H,22,24). The van der Waals surface area contributed by atoms with E-state index in [2.05, 4.69) is 17.4 Å². The molecule has 0 atom stereocenters. The van der Waals surface area contributed by atoms with E-state index in [1.165, 1.54) is 5.56 Å². The molecule has 26 heavy (non-hydrogen) atoms. The Morgan fingerprint density at radius 3 is 2.73 bits per heavy atom. The molecule has 0 spiro atoms. The summed E-state index contributed by atoms with van der Waals surface area (Å²) in [7, 11) is 0. The van der Waals surface area contributed by atoms with Gasteiger partial charge in [-0.05, 0) is 24.1 Å². The maximum absolute atomic E-state index is 12.0. The Hall–Kier alpha value is -3.59. The molecule has 0 saturated heterocycles. The smallest absolute Gasteiger partial charge is 0.264 e. The van der Waals surface area contributed by atoms with Crippen LogP contribution in [0, 0.1) is 11.3 Å². The second kappa shape index (κ2) is 7.99. The van der Waals surface area contributed by atoms with Gasteiger partial charge in [0.05, 0.1) is 5.56 Å². The number of rotatable bonds is 6. The number of hydrogen-bond acceptors (Lipinski definition) is 5. The third kappa shape index (κ3) is 4.08. The zero-order valence-electron chi connectivity index (χ0n) is 14.2. The number of hydrogen-bond donors (Lipinski definition) is 1. The lowest BCUT2D eigenvalue weighted by Gasteiger charge is -2.06. The van der Waals surface area contributed by atoms with Gasteiger partial charge in [0.25, 0.3) is 5.91 Å². The number of aromatic nitrogens is 1. The van der Waals surface area contributed by atoms with E-state index in [4.69, 9.17) is 14.5 Å². The fraction of sp³-hybridized carbons (Fsp3) is 0.150. The monoisotopic (exact) mass is 347 g/mol. The van der Waals surface area contributed by atoms with Crippen LogP contribution >= 0.6 is 0 Å². The molecule has 1 N–H and O–H groups in total. The highest BCUT2D eigenvalue weighted by atomic mass is 16.5. The van der Waals surface area contributed by atoms with E-state index in [1.807, 2.05) is 30.3 Å². The van der Waals surface area contributed by atoms with Crippen molar-refractivity contribution < 1.29 is 14.1 Å². The molecule has 130 valence electrons. The first-order chi connectivity index (χ1) is 12.7. The van der Waals surface area contributed by atoms with Gasteiger partial charge in [-0.2, -0.15) is 5.26 Å². The zero-order valence-corrected chi connectivity index (χ0v) is 14.2. The Morgan fingerprint density at radius 1 is 1.23 bits per heavy atom. The molecule has 1 amide bonds. The lowest BCUT2D eigenvalue weighted by atomic mass is 10.1. The van der Waals surface area contributed by atoms with Gasteiger partial charge in [-0.25, -0.2) is 0 Å². The van der Waals surface area contributed by atoms with Gasteiger partial charge in [0.2, 0.25) is 5.88 Å². The van der Waals surface area contributed by atoms with E-state index >= 15 is 0 Å². The number of amides is 1. The van der Waals surface area contributed by atoms with Crippen LogP contribution in [0.5, 0.6) is 5.75 Å². The van der Waals surface area contributed by atoms with E-state index < -0.39 is 5.91 Å². The van der Waals surface area contributed by atoms with Crippen LogP contribution in [0.25, 0.3) is 11.3 Å². The van der Waals surface area contributed by atoms with E-state index in [9.17, 15) is 4.79 Å². The van der Waals surface area contributed by atoms with Gasteiger partial charge in [0.1, 0.15) is 17.5 Å². The van der Waals surface area contributed by atoms with Crippen LogP contribution in [0.1, 0.15) is 18.1 Å². The number of para-hydroxylation sites is 1. The molecule has 0 aliphatic rings. The van der Waals surface area contributed by atoms with Crippen molar-refractivity contribution >= 4 is 11.8 Å². The Labute approximate surface area is 151 Å². The summed E-state index contributed by atoms with van der Waals surface area (Å²) in [5.74, 6) is 0.197. The number of nitriles is 1. The number of ether oxygens (including phenoxy) is 1. The quantitative estimate of drug-likeness (QED) is 0.733. The first kappa shape index (κ1) is 17.2. The summed E-state index contributed by atoms with van der Waals surface area (Å²) in [6, 6.07) is 18.4. The summed E-state index contributed by atoms with van der Waals surface area (Å²) >= 11 is 0. The SMILES string of the molecule is CCc1ccc(-c2cc(NC(=O)COc3ccccc3C#N)on2)cc1. The van der Waals surface area contributed by atoms with Gasteiger partial charge in [-0.15, -0.1) is 0 Å². The van der Waals surface area contributed by atoms with Gasteiger partial charge >= 0.3 is 0 Å². The Bertz CT molecular complexity index is 939. The lowest BCUT2D eigenvalue weighted by molar-refractivity contribution is -0.118. The molecule has 1 heterocycles. The average Bonchev–Trinajstić information content (AvgIpc) is 3.15. The summed E-state index contributed by atoms with van der Waals surface area (Å²) in [5.41, 5.74) is 3.16. The Balaban J connectivity index is 1.60. The number of carbonyl (C=O) groups is 1. The fourth-order valence-corrected chi connectivity index (χ4v) is 2.38. The summed E-state index contributed by atoms with van der Waals surface area (Å²) in [6.45, 7) is 1.86. The molecule has 3 aromatic rings. The van der Waals surface area contributed by atoms with Crippen LogP contribution in [0.4, 0.5) is 5.88 Å². The van der Waals surface area contributed by atoms with Crippen LogP contribution in [0.15, 0.2) is 59.1 Å². The third-order valence-corrected chi connectivity index (χ3v) is 3.80. The van der Waals surface area contributed by atoms with E-state index in [-0.39, 0.29) is 12.5 Å². The van der Waals surface area contributed by atoms with Gasteiger partial charge < -0.3 is 9.26 Å². The minimum absolute atomic E-state index is 0.236. The number of benzene rings is 2. The molecule has 6 heteroatoms. The van der Waals surface area contributed by atoms with Crippen LogP contribution < -0.4 is 10.1 Å². The van der Waals surface area contributed by atoms with E-state index in [0.29, 0.717) is 17.0 Å². The zero-order chi connectivity index (χ0) is 18.4. The lowest BCUT2D eigenvalue weighted by Crippen LogP contribution is -2.20. The van der Waals surface area contributed by atoms with Crippen molar-refractivity contribution in [1.82, 2.24) is 5.16 Å². The highest BCUT2D eigenvalue weighted by molar-refractivity contribution is 5.91. The van der Waals surface area contributed by atoms with Crippen molar-refractivity contribution in [2.24, 2.45) is 0 Å². The van der Waals surface area contributed by atoms with Gasteiger partial charge in [0, 0.05) is 11.6 Å². The second-order valence-electron chi connectivity index (χ2n) is 5.57. The van der Waals surface area contributed by atoms with Crippen LogP contribution in [-0.2, 0) is 11.2 Å². The van der Waals surface area contributed by atoms with Gasteiger partial charge in [0.15, 0.2) is 6.61 Å². The van der Waals surface area contributed by atoms with Gasteiger partial charge in [-0.1, -0.05) is 48.5 Å². The molecule has 0 aliphatic heterocycles. The highest BCUT2D eigenvalue weighted by Gasteiger charge is 2.11. The minimum Gasteiger partial charge on any atom is -0.482 e. The molecule has 0 fully saturated rings. The van der Waals surface area contributed by atoms with Gasteiger partial charge in [-0.3, -0.25) is 10.1 Å². The number of nitrogens with zero attached hydrogens (tertiary/aromatic N) is 2. The normalized spacial score (nSPS) is 10.2. The third-order valence-electron chi connectivity index (χ3n) is 3.80. The van der Waals surface area contributed by atoms with Crippen molar-refractivity contribution in [3.05, 3.63) is 65.7 Å². The van der Waals surface area contributed by atoms with E-state index in [1.54, 1.807) is 30.3 Å². The Kier molecular flexibility index (Phi) is 5.30.